The van der Waals surface area contributed by atoms with Crippen LogP contribution in [0.5, 0.6) is 0 Å². The summed E-state index contributed by atoms with van der Waals surface area (Å²) in [6, 6.07) is 0.261. The number of hydrogen-bond acceptors (Lipinski definition) is 3. The first-order valence-corrected chi connectivity index (χ1v) is 7.46. The zero-order chi connectivity index (χ0) is 12.4. The Hall–Kier alpha value is -0.0500. The SMILES string of the molecule is CCC(C)NC(N)=NCC1(S(C)(=O)=O)CC1.I. The van der Waals surface area contributed by atoms with Gasteiger partial charge in [-0.2, -0.15) is 0 Å². The Morgan fingerprint density at radius 3 is 2.41 bits per heavy atom. The molecule has 0 aliphatic heterocycles. The smallest absolute Gasteiger partial charge is 0.188 e. The second-order valence-electron chi connectivity index (χ2n) is 4.61. The van der Waals surface area contributed by atoms with Crippen LogP contribution in [0.1, 0.15) is 33.1 Å². The maximum Gasteiger partial charge on any atom is 0.188 e. The standard InChI is InChI=1S/C10H21N3O2S.HI/c1-4-8(2)13-9(11)12-7-10(5-6-10)16(3,14)15;/h8H,4-7H2,1-3H3,(H3,11,12,13);1H. The van der Waals surface area contributed by atoms with Gasteiger partial charge in [-0.15, -0.1) is 24.0 Å². The van der Waals surface area contributed by atoms with Gasteiger partial charge in [0.05, 0.1) is 11.3 Å². The van der Waals surface area contributed by atoms with Gasteiger partial charge in [0.15, 0.2) is 15.8 Å². The van der Waals surface area contributed by atoms with Gasteiger partial charge in [-0.3, -0.25) is 4.99 Å². The van der Waals surface area contributed by atoms with E-state index in [1.54, 1.807) is 0 Å². The Kier molecular flexibility index (Phi) is 6.20. The Labute approximate surface area is 121 Å². The van der Waals surface area contributed by atoms with E-state index >= 15 is 0 Å². The first-order valence-electron chi connectivity index (χ1n) is 5.57. The van der Waals surface area contributed by atoms with Crippen LogP contribution in [0.3, 0.4) is 0 Å². The molecule has 0 aromatic heterocycles. The minimum Gasteiger partial charge on any atom is -0.370 e. The van der Waals surface area contributed by atoms with E-state index in [4.69, 9.17) is 5.73 Å². The number of nitrogens with two attached hydrogens (primary N) is 1. The van der Waals surface area contributed by atoms with Crippen LogP contribution in [0.2, 0.25) is 0 Å². The summed E-state index contributed by atoms with van der Waals surface area (Å²) in [5.74, 6) is 0.337. The molecule has 1 aliphatic rings. The summed E-state index contributed by atoms with van der Waals surface area (Å²) in [5, 5.41) is 3.01. The lowest BCUT2D eigenvalue weighted by Gasteiger charge is -2.14. The molecule has 0 aromatic rings. The van der Waals surface area contributed by atoms with Crippen LogP contribution in [0.25, 0.3) is 0 Å². The van der Waals surface area contributed by atoms with E-state index in [0.717, 1.165) is 6.42 Å². The van der Waals surface area contributed by atoms with Gasteiger partial charge in [0.1, 0.15) is 0 Å². The highest BCUT2D eigenvalue weighted by Crippen LogP contribution is 2.43. The third kappa shape index (κ3) is 4.61. The van der Waals surface area contributed by atoms with Gasteiger partial charge in [0.25, 0.3) is 0 Å². The average Bonchev–Trinajstić information content (AvgIpc) is 2.94. The molecule has 1 unspecified atom stereocenters. The zero-order valence-electron chi connectivity index (χ0n) is 10.6. The lowest BCUT2D eigenvalue weighted by Crippen LogP contribution is -2.39. The quantitative estimate of drug-likeness (QED) is 0.425. The number of guanidine groups is 1. The second kappa shape index (κ2) is 6.21. The molecule has 0 heterocycles. The van der Waals surface area contributed by atoms with Crippen molar-refractivity contribution in [3.05, 3.63) is 0 Å². The maximum atomic E-state index is 11.5. The van der Waals surface area contributed by atoms with Crippen LogP contribution in [0.4, 0.5) is 0 Å². The topological polar surface area (TPSA) is 84.5 Å². The molecule has 0 saturated heterocycles. The van der Waals surface area contributed by atoms with Crippen molar-refractivity contribution in [1.29, 1.82) is 0 Å². The fraction of sp³-hybridized carbons (Fsp3) is 0.900. The minimum atomic E-state index is -3.01. The molecule has 0 aromatic carbocycles. The molecule has 1 saturated carbocycles. The Morgan fingerprint density at radius 1 is 1.53 bits per heavy atom. The van der Waals surface area contributed by atoms with E-state index in [0.29, 0.717) is 18.8 Å². The van der Waals surface area contributed by atoms with Crippen molar-refractivity contribution in [1.82, 2.24) is 5.32 Å². The molecule has 1 rings (SSSR count). The summed E-state index contributed by atoms with van der Waals surface area (Å²) in [5.41, 5.74) is 5.67. The molecule has 5 nitrogen and oxygen atoms in total. The third-order valence-corrected chi connectivity index (χ3v) is 5.25. The Morgan fingerprint density at radius 2 is 2.06 bits per heavy atom. The lowest BCUT2D eigenvalue weighted by atomic mass is 10.3. The molecule has 0 bridgehead atoms. The fourth-order valence-electron chi connectivity index (χ4n) is 1.41. The number of aliphatic imine (C=N–C) groups is 1. The number of rotatable bonds is 5. The van der Waals surface area contributed by atoms with Crippen molar-refractivity contribution < 1.29 is 8.42 Å². The summed E-state index contributed by atoms with van der Waals surface area (Å²) in [7, 11) is -3.01. The molecular weight excluding hydrogens is 353 g/mol. The summed E-state index contributed by atoms with van der Waals surface area (Å²) in [4.78, 5) is 4.12. The highest BCUT2D eigenvalue weighted by molar-refractivity contribution is 14.0. The number of nitrogens with zero attached hydrogens (tertiary/aromatic N) is 1. The number of halogens is 1. The third-order valence-electron chi connectivity index (χ3n) is 3.14. The normalized spacial score (nSPS) is 20.3. The van der Waals surface area contributed by atoms with Gasteiger partial charge in [-0.1, -0.05) is 6.92 Å². The van der Waals surface area contributed by atoms with Crippen molar-refractivity contribution in [3.8, 4) is 0 Å². The molecule has 102 valence electrons. The number of hydrogen-bond donors (Lipinski definition) is 2. The Bertz CT molecular complexity index is 377. The van der Waals surface area contributed by atoms with Crippen LogP contribution < -0.4 is 11.1 Å². The summed E-state index contributed by atoms with van der Waals surface area (Å²) in [6.07, 6.45) is 3.62. The summed E-state index contributed by atoms with van der Waals surface area (Å²) >= 11 is 0. The first-order chi connectivity index (χ1) is 7.31. The highest BCUT2D eigenvalue weighted by atomic mass is 127. The summed E-state index contributed by atoms with van der Waals surface area (Å²) in [6.45, 7) is 4.33. The molecule has 0 amide bonds. The monoisotopic (exact) mass is 375 g/mol. The van der Waals surface area contributed by atoms with E-state index in [-0.39, 0.29) is 36.6 Å². The van der Waals surface area contributed by atoms with Crippen LogP contribution in [0.15, 0.2) is 4.99 Å². The fourth-order valence-corrected chi connectivity index (χ4v) is 2.56. The molecule has 0 radical (unpaired) electrons. The van der Waals surface area contributed by atoms with Crippen LogP contribution in [-0.4, -0.2) is 38.0 Å². The van der Waals surface area contributed by atoms with Gasteiger partial charge >= 0.3 is 0 Å². The van der Waals surface area contributed by atoms with Gasteiger partial charge < -0.3 is 11.1 Å². The second-order valence-corrected chi connectivity index (χ2v) is 7.02. The van der Waals surface area contributed by atoms with Crippen molar-refractivity contribution in [3.63, 3.8) is 0 Å². The van der Waals surface area contributed by atoms with Crippen LogP contribution in [-0.2, 0) is 9.84 Å². The van der Waals surface area contributed by atoms with E-state index in [2.05, 4.69) is 10.3 Å². The molecule has 1 atom stereocenters. The van der Waals surface area contributed by atoms with E-state index in [1.807, 2.05) is 13.8 Å². The molecule has 3 N–H and O–H groups in total. The Balaban J connectivity index is 0.00000256. The van der Waals surface area contributed by atoms with Crippen LogP contribution >= 0.6 is 24.0 Å². The highest BCUT2D eigenvalue weighted by Gasteiger charge is 2.51. The van der Waals surface area contributed by atoms with E-state index in [1.165, 1.54) is 6.26 Å². The van der Waals surface area contributed by atoms with Gasteiger partial charge in [0, 0.05) is 12.3 Å². The minimum absolute atomic E-state index is 0. The van der Waals surface area contributed by atoms with E-state index in [9.17, 15) is 8.42 Å². The van der Waals surface area contributed by atoms with Gasteiger partial charge in [-0.05, 0) is 26.2 Å². The van der Waals surface area contributed by atoms with E-state index < -0.39 is 14.6 Å². The van der Waals surface area contributed by atoms with Crippen molar-refractivity contribution in [2.75, 3.05) is 12.8 Å². The van der Waals surface area contributed by atoms with Crippen molar-refractivity contribution in [2.24, 2.45) is 10.7 Å². The molecule has 17 heavy (non-hydrogen) atoms. The zero-order valence-corrected chi connectivity index (χ0v) is 13.7. The molecule has 1 aliphatic carbocycles. The lowest BCUT2D eigenvalue weighted by molar-refractivity contribution is 0.583. The number of nitrogens with one attached hydrogen (secondary N) is 1. The predicted molar refractivity (Wildman–Crippen MR) is 81.6 cm³/mol. The van der Waals surface area contributed by atoms with Crippen LogP contribution in [0, 0.1) is 0 Å². The average molecular weight is 375 g/mol. The van der Waals surface area contributed by atoms with Crippen molar-refractivity contribution >= 4 is 39.8 Å². The number of sulfone groups is 1. The molecule has 7 heteroatoms. The largest absolute Gasteiger partial charge is 0.370 e. The molecular formula is C10H22IN3O2S. The van der Waals surface area contributed by atoms with Gasteiger partial charge in [-0.25, -0.2) is 8.42 Å². The molecule has 1 fully saturated rings. The summed E-state index contributed by atoms with van der Waals surface area (Å²) < 4.78 is 22.3. The molecule has 0 spiro atoms. The predicted octanol–water partition coefficient (Wildman–Crippen LogP) is 0.884. The van der Waals surface area contributed by atoms with Gasteiger partial charge in [0.2, 0.25) is 0 Å². The maximum absolute atomic E-state index is 11.5. The first kappa shape index (κ1) is 16.9. The van der Waals surface area contributed by atoms with Crippen molar-refractivity contribution in [2.45, 2.75) is 43.9 Å².